The largest absolute Gasteiger partial charge is 0.338 e. The van der Waals surface area contributed by atoms with Gasteiger partial charge in [-0.25, -0.2) is 0 Å². The van der Waals surface area contributed by atoms with Gasteiger partial charge in [0.15, 0.2) is 0 Å². The van der Waals surface area contributed by atoms with E-state index in [0.717, 1.165) is 42.9 Å². The lowest BCUT2D eigenvalue weighted by atomic mass is 9.94. The second kappa shape index (κ2) is 6.57. The number of aryl methyl sites for hydroxylation is 2. The zero-order valence-electron chi connectivity index (χ0n) is 14.2. The van der Waals surface area contributed by atoms with Gasteiger partial charge in [-0.2, -0.15) is 5.10 Å². The van der Waals surface area contributed by atoms with Gasteiger partial charge in [0, 0.05) is 31.7 Å². The van der Waals surface area contributed by atoms with Crippen LogP contribution in [-0.4, -0.2) is 33.7 Å². The molecule has 0 spiro atoms. The Bertz CT molecular complexity index is 690. The quantitative estimate of drug-likeness (QED) is 0.852. The Hall–Kier alpha value is -2.10. The lowest BCUT2D eigenvalue weighted by Crippen LogP contribution is -2.34. The van der Waals surface area contributed by atoms with E-state index in [9.17, 15) is 4.79 Å². The monoisotopic (exact) mass is 311 g/mol. The van der Waals surface area contributed by atoms with Crippen LogP contribution in [0.3, 0.4) is 0 Å². The molecule has 0 aliphatic carbocycles. The second-order valence-corrected chi connectivity index (χ2v) is 6.52. The first kappa shape index (κ1) is 15.8. The highest BCUT2D eigenvalue weighted by Gasteiger charge is 2.27. The first-order valence-electron chi connectivity index (χ1n) is 8.42. The fraction of sp³-hybridized carbons (Fsp3) is 0.474. The molecule has 1 aliphatic rings. The SMILES string of the molecule is Cc1nn(C)c(C)c1C(=O)N1CCCCC(c2ccccc2)C1. The summed E-state index contributed by atoms with van der Waals surface area (Å²) in [4.78, 5) is 15.1. The Balaban J connectivity index is 1.85. The van der Waals surface area contributed by atoms with Gasteiger partial charge >= 0.3 is 0 Å². The first-order chi connectivity index (χ1) is 11.1. The molecule has 4 nitrogen and oxygen atoms in total. The minimum Gasteiger partial charge on any atom is -0.338 e. The topological polar surface area (TPSA) is 38.1 Å². The number of likely N-dealkylation sites (tertiary alicyclic amines) is 1. The minimum atomic E-state index is 0.135. The Morgan fingerprint density at radius 3 is 2.57 bits per heavy atom. The van der Waals surface area contributed by atoms with Gasteiger partial charge in [0.25, 0.3) is 5.91 Å². The molecule has 0 saturated carbocycles. The van der Waals surface area contributed by atoms with Gasteiger partial charge in [0.1, 0.15) is 0 Å². The van der Waals surface area contributed by atoms with Crippen molar-refractivity contribution in [3.8, 4) is 0 Å². The Kier molecular flexibility index (Phi) is 4.51. The van der Waals surface area contributed by atoms with Crippen molar-refractivity contribution < 1.29 is 4.79 Å². The van der Waals surface area contributed by atoms with E-state index in [2.05, 4.69) is 29.4 Å². The van der Waals surface area contributed by atoms with E-state index in [0.29, 0.717) is 5.92 Å². The van der Waals surface area contributed by atoms with Crippen LogP contribution in [-0.2, 0) is 7.05 Å². The predicted octanol–water partition coefficient (Wildman–Crippen LogP) is 3.45. The molecular formula is C19H25N3O. The molecule has 1 fully saturated rings. The highest BCUT2D eigenvalue weighted by atomic mass is 16.2. The summed E-state index contributed by atoms with van der Waals surface area (Å²) in [6, 6.07) is 10.6. The van der Waals surface area contributed by atoms with Crippen LogP contribution in [0.15, 0.2) is 30.3 Å². The third kappa shape index (κ3) is 3.16. The molecule has 1 unspecified atom stereocenters. The zero-order chi connectivity index (χ0) is 16.4. The van der Waals surface area contributed by atoms with E-state index < -0.39 is 0 Å². The summed E-state index contributed by atoms with van der Waals surface area (Å²) >= 11 is 0. The van der Waals surface area contributed by atoms with Crippen molar-refractivity contribution in [2.45, 2.75) is 39.0 Å². The summed E-state index contributed by atoms with van der Waals surface area (Å²) in [6.07, 6.45) is 3.40. The van der Waals surface area contributed by atoms with Crippen molar-refractivity contribution >= 4 is 5.91 Å². The normalized spacial score (nSPS) is 18.7. The molecule has 0 bridgehead atoms. The summed E-state index contributed by atoms with van der Waals surface area (Å²) in [5, 5.41) is 4.40. The lowest BCUT2D eigenvalue weighted by Gasteiger charge is -2.25. The Morgan fingerprint density at radius 2 is 1.91 bits per heavy atom. The summed E-state index contributed by atoms with van der Waals surface area (Å²) in [6.45, 7) is 5.54. The second-order valence-electron chi connectivity index (χ2n) is 6.52. The van der Waals surface area contributed by atoms with Crippen LogP contribution < -0.4 is 0 Å². The molecule has 1 amide bonds. The van der Waals surface area contributed by atoms with Crippen molar-refractivity contribution in [2.24, 2.45) is 7.05 Å². The number of hydrogen-bond donors (Lipinski definition) is 0. The Morgan fingerprint density at radius 1 is 1.17 bits per heavy atom. The maximum Gasteiger partial charge on any atom is 0.257 e. The molecule has 1 atom stereocenters. The number of benzene rings is 1. The van der Waals surface area contributed by atoms with Crippen LogP contribution in [0.4, 0.5) is 0 Å². The molecule has 4 heteroatoms. The standard InChI is InChI=1S/C19H25N3O/c1-14-18(15(2)21(3)20-14)19(23)22-12-8-7-11-17(13-22)16-9-5-4-6-10-16/h4-6,9-10,17H,7-8,11-13H2,1-3H3. The number of rotatable bonds is 2. The molecule has 0 radical (unpaired) electrons. The van der Waals surface area contributed by atoms with E-state index in [1.807, 2.05) is 31.9 Å². The van der Waals surface area contributed by atoms with Crippen LogP contribution in [0.5, 0.6) is 0 Å². The molecule has 2 heterocycles. The molecule has 2 aromatic rings. The van der Waals surface area contributed by atoms with Gasteiger partial charge in [-0.05, 0) is 32.3 Å². The number of carbonyl (C=O) groups excluding carboxylic acids is 1. The fourth-order valence-corrected chi connectivity index (χ4v) is 3.56. The summed E-state index contributed by atoms with van der Waals surface area (Å²) in [5.74, 6) is 0.566. The maximum atomic E-state index is 13.1. The average Bonchev–Trinajstić information content (AvgIpc) is 2.75. The van der Waals surface area contributed by atoms with E-state index in [4.69, 9.17) is 0 Å². The van der Waals surface area contributed by atoms with Gasteiger partial charge in [-0.3, -0.25) is 9.48 Å². The van der Waals surface area contributed by atoms with E-state index >= 15 is 0 Å². The summed E-state index contributed by atoms with van der Waals surface area (Å²) in [5.41, 5.74) is 3.90. The summed E-state index contributed by atoms with van der Waals surface area (Å²) < 4.78 is 1.80. The van der Waals surface area contributed by atoms with Gasteiger partial charge in [0.05, 0.1) is 11.3 Å². The van der Waals surface area contributed by atoms with E-state index in [1.54, 1.807) is 4.68 Å². The highest BCUT2D eigenvalue weighted by molar-refractivity contribution is 5.96. The summed E-state index contributed by atoms with van der Waals surface area (Å²) in [7, 11) is 1.90. The van der Waals surface area contributed by atoms with Gasteiger partial charge in [-0.1, -0.05) is 36.8 Å². The maximum absolute atomic E-state index is 13.1. The average molecular weight is 311 g/mol. The smallest absolute Gasteiger partial charge is 0.257 e. The number of hydrogen-bond acceptors (Lipinski definition) is 2. The molecular weight excluding hydrogens is 286 g/mol. The molecule has 122 valence electrons. The molecule has 0 N–H and O–H groups in total. The van der Waals surface area contributed by atoms with Crippen LogP contribution in [0, 0.1) is 13.8 Å². The number of aromatic nitrogens is 2. The minimum absolute atomic E-state index is 0.135. The Labute approximate surface area is 138 Å². The van der Waals surface area contributed by atoms with Crippen LogP contribution >= 0.6 is 0 Å². The van der Waals surface area contributed by atoms with E-state index in [-0.39, 0.29) is 5.91 Å². The first-order valence-corrected chi connectivity index (χ1v) is 8.42. The van der Waals surface area contributed by atoms with Gasteiger partial charge < -0.3 is 4.90 Å². The number of carbonyl (C=O) groups is 1. The van der Waals surface area contributed by atoms with Gasteiger partial charge in [-0.15, -0.1) is 0 Å². The van der Waals surface area contributed by atoms with Crippen molar-refractivity contribution in [2.75, 3.05) is 13.1 Å². The van der Waals surface area contributed by atoms with Crippen LogP contribution in [0.25, 0.3) is 0 Å². The van der Waals surface area contributed by atoms with Crippen LogP contribution in [0.2, 0.25) is 0 Å². The molecule has 1 aliphatic heterocycles. The zero-order valence-corrected chi connectivity index (χ0v) is 14.2. The predicted molar refractivity (Wildman–Crippen MR) is 91.6 cm³/mol. The molecule has 1 aromatic heterocycles. The molecule has 1 aromatic carbocycles. The van der Waals surface area contributed by atoms with Crippen molar-refractivity contribution in [1.82, 2.24) is 14.7 Å². The van der Waals surface area contributed by atoms with Crippen molar-refractivity contribution in [1.29, 1.82) is 0 Å². The third-order valence-electron chi connectivity index (χ3n) is 4.95. The van der Waals surface area contributed by atoms with E-state index in [1.165, 1.54) is 12.0 Å². The van der Waals surface area contributed by atoms with Gasteiger partial charge in [0.2, 0.25) is 0 Å². The molecule has 1 saturated heterocycles. The van der Waals surface area contributed by atoms with Crippen molar-refractivity contribution in [3.63, 3.8) is 0 Å². The third-order valence-corrected chi connectivity index (χ3v) is 4.95. The molecule has 23 heavy (non-hydrogen) atoms. The van der Waals surface area contributed by atoms with Crippen molar-refractivity contribution in [3.05, 3.63) is 52.8 Å². The van der Waals surface area contributed by atoms with Crippen LogP contribution in [0.1, 0.15) is 52.5 Å². The molecule has 3 rings (SSSR count). The fourth-order valence-electron chi connectivity index (χ4n) is 3.56. The highest BCUT2D eigenvalue weighted by Crippen LogP contribution is 2.28. The number of nitrogens with zero attached hydrogens (tertiary/aromatic N) is 3. The number of amides is 1. The lowest BCUT2D eigenvalue weighted by molar-refractivity contribution is 0.0753.